The second-order valence-electron chi connectivity index (χ2n) is 3.41. The van der Waals surface area contributed by atoms with Crippen molar-refractivity contribution in [2.75, 3.05) is 19.8 Å². The van der Waals surface area contributed by atoms with Crippen molar-refractivity contribution >= 4 is 6.29 Å². The standard InChI is InChI=1S/C8H12O3/c9-4-7-1-2-11-8(3-7)5-10-6-8/h4,7H,1-3,5-6H2. The van der Waals surface area contributed by atoms with Crippen LogP contribution in [-0.2, 0) is 14.3 Å². The Morgan fingerprint density at radius 3 is 2.82 bits per heavy atom. The van der Waals surface area contributed by atoms with E-state index in [1.54, 1.807) is 0 Å². The van der Waals surface area contributed by atoms with E-state index in [9.17, 15) is 4.79 Å². The molecule has 62 valence electrons. The fourth-order valence-electron chi connectivity index (χ4n) is 1.71. The molecule has 2 saturated heterocycles. The highest BCUT2D eigenvalue weighted by molar-refractivity contribution is 5.53. The average Bonchev–Trinajstić information content (AvgIpc) is 2.02. The zero-order valence-corrected chi connectivity index (χ0v) is 6.41. The lowest BCUT2D eigenvalue weighted by molar-refractivity contribution is -0.232. The van der Waals surface area contributed by atoms with Crippen molar-refractivity contribution in [3.63, 3.8) is 0 Å². The van der Waals surface area contributed by atoms with Crippen LogP contribution < -0.4 is 0 Å². The highest BCUT2D eigenvalue weighted by atomic mass is 16.6. The maximum Gasteiger partial charge on any atom is 0.123 e. The average molecular weight is 156 g/mol. The Kier molecular flexibility index (Phi) is 1.69. The summed E-state index contributed by atoms with van der Waals surface area (Å²) >= 11 is 0. The quantitative estimate of drug-likeness (QED) is 0.515. The van der Waals surface area contributed by atoms with Crippen LogP contribution in [0.3, 0.4) is 0 Å². The van der Waals surface area contributed by atoms with Crippen LogP contribution in [0.1, 0.15) is 12.8 Å². The Bertz CT molecular complexity index is 163. The van der Waals surface area contributed by atoms with Gasteiger partial charge in [-0.25, -0.2) is 0 Å². The summed E-state index contributed by atoms with van der Waals surface area (Å²) in [5.41, 5.74) is -0.0795. The molecule has 1 unspecified atom stereocenters. The summed E-state index contributed by atoms with van der Waals surface area (Å²) in [4.78, 5) is 10.5. The summed E-state index contributed by atoms with van der Waals surface area (Å²) in [5, 5.41) is 0. The first-order valence-corrected chi connectivity index (χ1v) is 4.02. The second kappa shape index (κ2) is 2.57. The predicted octanol–water partition coefficient (Wildman–Crippen LogP) is 0.381. The summed E-state index contributed by atoms with van der Waals surface area (Å²) in [6.45, 7) is 2.07. The number of ether oxygens (including phenoxy) is 2. The molecule has 0 aromatic rings. The third kappa shape index (κ3) is 1.19. The van der Waals surface area contributed by atoms with Gasteiger partial charge in [0.15, 0.2) is 0 Å². The van der Waals surface area contributed by atoms with E-state index in [0.29, 0.717) is 19.8 Å². The first kappa shape index (κ1) is 7.25. The Morgan fingerprint density at radius 2 is 2.27 bits per heavy atom. The maximum absolute atomic E-state index is 10.5. The zero-order valence-electron chi connectivity index (χ0n) is 6.41. The molecule has 2 aliphatic rings. The molecule has 2 fully saturated rings. The minimum Gasteiger partial charge on any atom is -0.375 e. The van der Waals surface area contributed by atoms with Crippen LogP contribution in [-0.4, -0.2) is 31.7 Å². The van der Waals surface area contributed by atoms with E-state index in [2.05, 4.69) is 0 Å². The molecule has 1 atom stereocenters. The summed E-state index contributed by atoms with van der Waals surface area (Å²) in [6, 6.07) is 0. The maximum atomic E-state index is 10.5. The Labute approximate surface area is 65.7 Å². The molecule has 11 heavy (non-hydrogen) atoms. The molecule has 0 aliphatic carbocycles. The molecule has 3 nitrogen and oxygen atoms in total. The van der Waals surface area contributed by atoms with Gasteiger partial charge in [-0.15, -0.1) is 0 Å². The van der Waals surface area contributed by atoms with Gasteiger partial charge in [0.25, 0.3) is 0 Å². The van der Waals surface area contributed by atoms with E-state index in [1.165, 1.54) is 0 Å². The van der Waals surface area contributed by atoms with Crippen molar-refractivity contribution in [1.29, 1.82) is 0 Å². The predicted molar refractivity (Wildman–Crippen MR) is 38.3 cm³/mol. The molecule has 0 bridgehead atoms. The summed E-state index contributed by atoms with van der Waals surface area (Å²) < 4.78 is 10.6. The third-order valence-corrected chi connectivity index (χ3v) is 2.45. The minimum absolute atomic E-state index is 0.0795. The number of hydrogen-bond acceptors (Lipinski definition) is 3. The van der Waals surface area contributed by atoms with Crippen molar-refractivity contribution in [3.8, 4) is 0 Å². The fourth-order valence-corrected chi connectivity index (χ4v) is 1.71. The van der Waals surface area contributed by atoms with Crippen LogP contribution in [0, 0.1) is 5.92 Å². The van der Waals surface area contributed by atoms with Crippen LogP contribution in [0.2, 0.25) is 0 Å². The molecule has 0 aromatic heterocycles. The number of rotatable bonds is 1. The van der Waals surface area contributed by atoms with Gasteiger partial charge in [-0.05, 0) is 12.8 Å². The van der Waals surface area contributed by atoms with Crippen LogP contribution in [0.5, 0.6) is 0 Å². The molecule has 2 heterocycles. The van der Waals surface area contributed by atoms with Crippen LogP contribution in [0.4, 0.5) is 0 Å². The van der Waals surface area contributed by atoms with Gasteiger partial charge in [0.05, 0.1) is 13.2 Å². The molecule has 0 saturated carbocycles. The largest absolute Gasteiger partial charge is 0.375 e. The molecule has 1 spiro atoms. The normalized spacial score (nSPS) is 34.7. The molecule has 0 radical (unpaired) electrons. The van der Waals surface area contributed by atoms with E-state index in [-0.39, 0.29) is 11.5 Å². The molecule has 2 aliphatic heterocycles. The summed E-state index contributed by atoms with van der Waals surface area (Å²) in [7, 11) is 0. The number of aldehydes is 1. The number of hydrogen-bond donors (Lipinski definition) is 0. The first-order valence-electron chi connectivity index (χ1n) is 4.02. The van der Waals surface area contributed by atoms with Gasteiger partial charge >= 0.3 is 0 Å². The molecule has 0 amide bonds. The number of carbonyl (C=O) groups excluding carboxylic acids is 1. The molecule has 2 rings (SSSR count). The monoisotopic (exact) mass is 156 g/mol. The molecule has 3 heteroatoms. The second-order valence-corrected chi connectivity index (χ2v) is 3.41. The summed E-state index contributed by atoms with van der Waals surface area (Å²) in [6.07, 6.45) is 2.78. The van der Waals surface area contributed by atoms with Crippen molar-refractivity contribution < 1.29 is 14.3 Å². The Morgan fingerprint density at radius 1 is 1.45 bits per heavy atom. The zero-order chi connectivity index (χ0) is 7.73. The van der Waals surface area contributed by atoms with Crippen molar-refractivity contribution in [1.82, 2.24) is 0 Å². The molecular formula is C8H12O3. The van der Waals surface area contributed by atoms with Gasteiger partial charge < -0.3 is 14.3 Å². The summed E-state index contributed by atoms with van der Waals surface area (Å²) in [5.74, 6) is 0.202. The smallest absolute Gasteiger partial charge is 0.123 e. The highest BCUT2D eigenvalue weighted by Gasteiger charge is 2.43. The lowest BCUT2D eigenvalue weighted by Gasteiger charge is -2.45. The van der Waals surface area contributed by atoms with E-state index in [4.69, 9.17) is 9.47 Å². The molecule has 0 aromatic carbocycles. The van der Waals surface area contributed by atoms with Crippen LogP contribution in [0.15, 0.2) is 0 Å². The molecular weight excluding hydrogens is 144 g/mol. The Hall–Kier alpha value is -0.410. The van der Waals surface area contributed by atoms with E-state index >= 15 is 0 Å². The first-order chi connectivity index (χ1) is 5.35. The van der Waals surface area contributed by atoms with E-state index in [1.807, 2.05) is 0 Å². The Balaban J connectivity index is 1.97. The number of carbonyl (C=O) groups is 1. The van der Waals surface area contributed by atoms with Crippen molar-refractivity contribution in [2.45, 2.75) is 18.4 Å². The minimum atomic E-state index is -0.0795. The van der Waals surface area contributed by atoms with Gasteiger partial charge in [0.2, 0.25) is 0 Å². The fraction of sp³-hybridized carbons (Fsp3) is 0.875. The van der Waals surface area contributed by atoms with Gasteiger partial charge in [0.1, 0.15) is 11.9 Å². The topological polar surface area (TPSA) is 35.5 Å². The SMILES string of the molecule is O=CC1CCOC2(COC2)C1. The van der Waals surface area contributed by atoms with Crippen molar-refractivity contribution in [2.24, 2.45) is 5.92 Å². The lowest BCUT2D eigenvalue weighted by atomic mass is 9.85. The van der Waals surface area contributed by atoms with Gasteiger partial charge in [0, 0.05) is 12.5 Å². The van der Waals surface area contributed by atoms with Crippen molar-refractivity contribution in [3.05, 3.63) is 0 Å². The van der Waals surface area contributed by atoms with Gasteiger partial charge in [-0.2, -0.15) is 0 Å². The van der Waals surface area contributed by atoms with Gasteiger partial charge in [-0.1, -0.05) is 0 Å². The van der Waals surface area contributed by atoms with E-state index in [0.717, 1.165) is 19.1 Å². The van der Waals surface area contributed by atoms with E-state index < -0.39 is 0 Å². The third-order valence-electron chi connectivity index (χ3n) is 2.45. The van der Waals surface area contributed by atoms with Crippen LogP contribution in [0.25, 0.3) is 0 Å². The lowest BCUT2D eigenvalue weighted by Crippen LogP contribution is -2.55. The highest BCUT2D eigenvalue weighted by Crippen LogP contribution is 2.33. The molecule has 0 N–H and O–H groups in total. The van der Waals surface area contributed by atoms with Gasteiger partial charge in [-0.3, -0.25) is 0 Å². The van der Waals surface area contributed by atoms with Crippen LogP contribution >= 0.6 is 0 Å².